The van der Waals surface area contributed by atoms with Crippen LogP contribution >= 0.6 is 0 Å². The molecule has 1 atom stereocenters. The number of carbonyl (C=O) groups is 1. The summed E-state index contributed by atoms with van der Waals surface area (Å²) in [6.45, 7) is 7.52. The summed E-state index contributed by atoms with van der Waals surface area (Å²) in [6, 6.07) is 4.28. The summed E-state index contributed by atoms with van der Waals surface area (Å²) in [5, 5.41) is 3.02. The summed E-state index contributed by atoms with van der Waals surface area (Å²) in [4.78, 5) is 16.1. The Morgan fingerprint density at radius 2 is 2.35 bits per heavy atom. The van der Waals surface area contributed by atoms with Crippen LogP contribution in [-0.2, 0) is 6.54 Å². The number of likely N-dealkylation sites (tertiary alicyclic amines) is 1. The van der Waals surface area contributed by atoms with E-state index in [0.29, 0.717) is 12.6 Å². The number of carbonyl (C=O) groups excluding carboxylic acids is 1. The number of hydrogen-bond acceptors (Lipinski definition) is 3. The van der Waals surface area contributed by atoms with Crippen molar-refractivity contribution >= 4 is 6.03 Å². The van der Waals surface area contributed by atoms with Crippen molar-refractivity contribution in [2.45, 2.75) is 39.3 Å². The van der Waals surface area contributed by atoms with Gasteiger partial charge in [-0.3, -0.25) is 4.90 Å². The van der Waals surface area contributed by atoms with Gasteiger partial charge in [0, 0.05) is 19.6 Å². The molecule has 2 heterocycles. The Kier molecular flexibility index (Phi) is 5.06. The zero-order valence-electron chi connectivity index (χ0n) is 12.7. The zero-order chi connectivity index (χ0) is 14.5. The lowest BCUT2D eigenvalue weighted by Crippen LogP contribution is -2.44. The molecule has 1 N–H and O–H groups in total. The maximum absolute atomic E-state index is 12.1. The Bertz CT molecular complexity index is 444. The van der Waals surface area contributed by atoms with Crippen LogP contribution in [0, 0.1) is 6.92 Å². The van der Waals surface area contributed by atoms with Crippen molar-refractivity contribution in [3.8, 4) is 0 Å². The minimum Gasteiger partial charge on any atom is -0.464 e. The molecule has 1 aromatic rings. The van der Waals surface area contributed by atoms with Crippen LogP contribution in [0.2, 0.25) is 0 Å². The number of rotatable bonds is 5. The zero-order valence-corrected chi connectivity index (χ0v) is 12.7. The lowest BCUT2D eigenvalue weighted by atomic mass is 10.2. The number of nitrogens with zero attached hydrogens (tertiary/aromatic N) is 2. The van der Waals surface area contributed by atoms with Crippen LogP contribution in [0.3, 0.4) is 0 Å². The van der Waals surface area contributed by atoms with E-state index in [1.807, 2.05) is 19.1 Å². The monoisotopic (exact) mass is 279 g/mol. The van der Waals surface area contributed by atoms with Crippen LogP contribution in [0.15, 0.2) is 16.5 Å². The third-order valence-electron chi connectivity index (χ3n) is 3.93. The van der Waals surface area contributed by atoms with Crippen LogP contribution in [0.4, 0.5) is 4.79 Å². The van der Waals surface area contributed by atoms with Gasteiger partial charge in [-0.25, -0.2) is 4.79 Å². The first-order valence-corrected chi connectivity index (χ1v) is 7.38. The van der Waals surface area contributed by atoms with E-state index < -0.39 is 0 Å². The molecule has 0 aromatic carbocycles. The quantitative estimate of drug-likeness (QED) is 0.899. The van der Waals surface area contributed by atoms with Gasteiger partial charge in [0.25, 0.3) is 0 Å². The average molecular weight is 279 g/mol. The van der Waals surface area contributed by atoms with Gasteiger partial charge in [0.1, 0.15) is 11.5 Å². The summed E-state index contributed by atoms with van der Waals surface area (Å²) in [5.41, 5.74) is 0. The van der Waals surface area contributed by atoms with Gasteiger partial charge in [0.15, 0.2) is 0 Å². The molecule has 0 saturated carbocycles. The molecular weight excluding hydrogens is 254 g/mol. The molecule has 0 radical (unpaired) electrons. The lowest BCUT2D eigenvalue weighted by Gasteiger charge is -2.24. The van der Waals surface area contributed by atoms with Gasteiger partial charge in [-0.1, -0.05) is 6.92 Å². The molecule has 0 spiro atoms. The van der Waals surface area contributed by atoms with Crippen molar-refractivity contribution in [1.29, 1.82) is 0 Å². The number of likely N-dealkylation sites (N-methyl/N-ethyl adjacent to an activating group) is 1. The number of amides is 2. The molecule has 1 aliphatic heterocycles. The number of urea groups is 1. The van der Waals surface area contributed by atoms with Crippen molar-refractivity contribution in [3.05, 3.63) is 23.7 Å². The third-order valence-corrected chi connectivity index (χ3v) is 3.93. The topological polar surface area (TPSA) is 48.7 Å². The fraction of sp³-hybridized carbons (Fsp3) is 0.667. The molecule has 0 bridgehead atoms. The third kappa shape index (κ3) is 3.76. The van der Waals surface area contributed by atoms with Gasteiger partial charge < -0.3 is 14.6 Å². The smallest absolute Gasteiger partial charge is 0.317 e. The van der Waals surface area contributed by atoms with Crippen LogP contribution in [0.5, 0.6) is 0 Å². The van der Waals surface area contributed by atoms with Gasteiger partial charge in [-0.2, -0.15) is 0 Å². The van der Waals surface area contributed by atoms with Crippen LogP contribution < -0.4 is 5.32 Å². The molecular formula is C15H25N3O2. The van der Waals surface area contributed by atoms with Gasteiger partial charge in [-0.15, -0.1) is 0 Å². The molecule has 1 aliphatic rings. The first-order chi connectivity index (χ1) is 9.60. The highest BCUT2D eigenvalue weighted by Crippen LogP contribution is 2.15. The van der Waals surface area contributed by atoms with Crippen molar-refractivity contribution in [2.75, 3.05) is 26.7 Å². The van der Waals surface area contributed by atoms with E-state index in [9.17, 15) is 4.79 Å². The predicted molar refractivity (Wildman–Crippen MR) is 78.6 cm³/mol. The molecule has 1 aromatic heterocycles. The molecule has 5 nitrogen and oxygen atoms in total. The number of nitrogens with one attached hydrogen (secondary N) is 1. The fourth-order valence-electron chi connectivity index (χ4n) is 2.76. The maximum atomic E-state index is 12.1. The van der Waals surface area contributed by atoms with Crippen LogP contribution in [0.1, 0.15) is 31.3 Å². The summed E-state index contributed by atoms with van der Waals surface area (Å²) in [5.74, 6) is 1.69. The second kappa shape index (κ2) is 6.79. The van der Waals surface area contributed by atoms with Crippen LogP contribution in [0.25, 0.3) is 0 Å². The van der Waals surface area contributed by atoms with E-state index in [0.717, 1.165) is 31.2 Å². The number of hydrogen-bond donors (Lipinski definition) is 1. The van der Waals surface area contributed by atoms with E-state index in [4.69, 9.17) is 4.42 Å². The van der Waals surface area contributed by atoms with Crippen molar-refractivity contribution in [3.63, 3.8) is 0 Å². The number of furan rings is 1. The van der Waals surface area contributed by atoms with E-state index in [-0.39, 0.29) is 6.03 Å². The first-order valence-electron chi connectivity index (χ1n) is 7.38. The van der Waals surface area contributed by atoms with Gasteiger partial charge >= 0.3 is 6.03 Å². The van der Waals surface area contributed by atoms with E-state index in [2.05, 4.69) is 17.1 Å². The average Bonchev–Trinajstić information content (AvgIpc) is 3.04. The molecule has 1 saturated heterocycles. The van der Waals surface area contributed by atoms with Gasteiger partial charge in [0.05, 0.1) is 6.54 Å². The molecule has 112 valence electrons. The second-order valence-corrected chi connectivity index (χ2v) is 5.48. The minimum atomic E-state index is -0.0398. The number of aryl methyl sites for hydroxylation is 1. The van der Waals surface area contributed by atoms with Crippen molar-refractivity contribution in [2.24, 2.45) is 0 Å². The van der Waals surface area contributed by atoms with Crippen molar-refractivity contribution < 1.29 is 9.21 Å². The Balaban J connectivity index is 1.76. The van der Waals surface area contributed by atoms with E-state index in [1.54, 1.807) is 11.9 Å². The Morgan fingerprint density at radius 3 is 3.00 bits per heavy atom. The summed E-state index contributed by atoms with van der Waals surface area (Å²) < 4.78 is 5.49. The molecule has 1 fully saturated rings. The molecule has 2 amide bonds. The minimum absolute atomic E-state index is 0.0398. The second-order valence-electron chi connectivity index (χ2n) is 5.48. The highest BCUT2D eigenvalue weighted by atomic mass is 16.3. The lowest BCUT2D eigenvalue weighted by molar-refractivity contribution is 0.195. The Hall–Kier alpha value is -1.49. The highest BCUT2D eigenvalue weighted by Gasteiger charge is 2.23. The molecule has 2 rings (SSSR count). The SMILES string of the molecule is CCN1CCC[C@@H]1CNC(=O)N(C)Cc1ccc(C)o1. The summed E-state index contributed by atoms with van der Waals surface area (Å²) in [7, 11) is 1.79. The molecule has 5 heteroatoms. The predicted octanol–water partition coefficient (Wildman–Crippen LogP) is 2.21. The van der Waals surface area contributed by atoms with E-state index in [1.165, 1.54) is 12.8 Å². The van der Waals surface area contributed by atoms with Gasteiger partial charge in [-0.05, 0) is 45.0 Å². The summed E-state index contributed by atoms with van der Waals surface area (Å²) in [6.07, 6.45) is 2.41. The van der Waals surface area contributed by atoms with Crippen molar-refractivity contribution in [1.82, 2.24) is 15.1 Å². The first kappa shape index (κ1) is 14.9. The standard InChI is InChI=1S/C15H25N3O2/c1-4-18-9-5-6-13(18)10-16-15(19)17(3)11-14-8-7-12(2)20-14/h7-8,13H,4-6,9-11H2,1-3H3,(H,16,19)/t13-/m1/s1. The molecule has 0 unspecified atom stereocenters. The van der Waals surface area contributed by atoms with Gasteiger partial charge in [0.2, 0.25) is 0 Å². The molecule has 0 aliphatic carbocycles. The maximum Gasteiger partial charge on any atom is 0.317 e. The largest absolute Gasteiger partial charge is 0.464 e. The van der Waals surface area contributed by atoms with E-state index >= 15 is 0 Å². The van der Waals surface area contributed by atoms with Crippen LogP contribution in [-0.4, -0.2) is 48.6 Å². The molecule has 20 heavy (non-hydrogen) atoms. The highest BCUT2D eigenvalue weighted by molar-refractivity contribution is 5.73. The fourth-order valence-corrected chi connectivity index (χ4v) is 2.76. The Morgan fingerprint density at radius 1 is 1.55 bits per heavy atom. The Labute approximate surface area is 120 Å². The summed E-state index contributed by atoms with van der Waals surface area (Å²) >= 11 is 0. The normalized spacial score (nSPS) is 19.2.